The Labute approximate surface area is 132 Å². The van der Waals surface area contributed by atoms with Crippen molar-refractivity contribution in [1.29, 1.82) is 0 Å². The highest BCUT2D eigenvalue weighted by molar-refractivity contribution is 6.35. The molecule has 0 aromatic heterocycles. The summed E-state index contributed by atoms with van der Waals surface area (Å²) in [6.07, 6.45) is -0.390. The normalized spacial score (nSPS) is 16.3. The summed E-state index contributed by atoms with van der Waals surface area (Å²) in [4.78, 5) is 38.9. The van der Waals surface area contributed by atoms with Crippen LogP contribution in [0.2, 0.25) is 0 Å². The lowest BCUT2D eigenvalue weighted by atomic mass is 10.1. The van der Waals surface area contributed by atoms with Crippen molar-refractivity contribution in [2.45, 2.75) is 52.7 Å². The molecule has 1 fully saturated rings. The van der Waals surface area contributed by atoms with Gasteiger partial charge >= 0.3 is 17.9 Å². The number of carbonyl (C=O) groups excluding carboxylic acids is 3. The highest BCUT2D eigenvalue weighted by Crippen LogP contribution is 2.12. The molecule has 1 aliphatic rings. The van der Waals surface area contributed by atoms with Crippen LogP contribution in [0.1, 0.15) is 41.5 Å². The highest BCUT2D eigenvalue weighted by atomic mass is 16.6. The molecule has 126 valence electrons. The molecule has 0 bridgehead atoms. The number of piperazine rings is 1. The van der Waals surface area contributed by atoms with Gasteiger partial charge in [0.25, 0.3) is 0 Å². The van der Waals surface area contributed by atoms with Crippen molar-refractivity contribution < 1.29 is 19.1 Å². The average Bonchev–Trinajstić information content (AvgIpc) is 2.34. The highest BCUT2D eigenvalue weighted by Gasteiger charge is 2.31. The quantitative estimate of drug-likeness (QED) is 0.676. The molecule has 7 nitrogen and oxygen atoms in total. The fourth-order valence-corrected chi connectivity index (χ4v) is 1.96. The van der Waals surface area contributed by atoms with Crippen molar-refractivity contribution in [2.24, 2.45) is 0 Å². The van der Waals surface area contributed by atoms with Crippen molar-refractivity contribution in [1.82, 2.24) is 15.1 Å². The second-order valence-electron chi connectivity index (χ2n) is 7.46. The van der Waals surface area contributed by atoms with Crippen LogP contribution in [0.3, 0.4) is 0 Å². The van der Waals surface area contributed by atoms with Gasteiger partial charge in [-0.05, 0) is 41.5 Å². The van der Waals surface area contributed by atoms with Gasteiger partial charge in [0.15, 0.2) is 0 Å². The van der Waals surface area contributed by atoms with E-state index in [0.717, 1.165) is 0 Å². The standard InChI is InChI=1S/C15H27N3O4/c1-14(2,3)16-11(19)12(20)17-7-9-18(10-8-17)13(21)22-15(4,5)6/h7-10H2,1-6H3,(H,16,19). The van der Waals surface area contributed by atoms with Crippen LogP contribution in [0.5, 0.6) is 0 Å². The summed E-state index contributed by atoms with van der Waals surface area (Å²) < 4.78 is 5.29. The first-order valence-corrected chi connectivity index (χ1v) is 7.48. The van der Waals surface area contributed by atoms with Gasteiger partial charge in [0.05, 0.1) is 0 Å². The molecule has 3 amide bonds. The number of amides is 3. The maximum Gasteiger partial charge on any atom is 0.410 e. The maximum atomic E-state index is 12.1. The zero-order valence-corrected chi connectivity index (χ0v) is 14.4. The van der Waals surface area contributed by atoms with Gasteiger partial charge in [-0.3, -0.25) is 9.59 Å². The fraction of sp³-hybridized carbons (Fsp3) is 0.800. The largest absolute Gasteiger partial charge is 0.444 e. The Morgan fingerprint density at radius 1 is 0.864 bits per heavy atom. The molecule has 22 heavy (non-hydrogen) atoms. The second kappa shape index (κ2) is 6.54. The molecule has 1 N–H and O–H groups in total. The predicted octanol–water partition coefficient (Wildman–Crippen LogP) is 0.980. The molecule has 1 saturated heterocycles. The van der Waals surface area contributed by atoms with Crippen LogP contribution in [0.25, 0.3) is 0 Å². The smallest absolute Gasteiger partial charge is 0.410 e. The summed E-state index contributed by atoms with van der Waals surface area (Å²) in [7, 11) is 0. The molecule has 0 unspecified atom stereocenters. The molecule has 0 saturated carbocycles. The van der Waals surface area contributed by atoms with Crippen LogP contribution in [0.4, 0.5) is 4.79 Å². The number of hydrogen-bond acceptors (Lipinski definition) is 4. The Hall–Kier alpha value is -1.79. The number of nitrogens with zero attached hydrogens (tertiary/aromatic N) is 2. The van der Waals surface area contributed by atoms with Crippen molar-refractivity contribution in [3.05, 3.63) is 0 Å². The van der Waals surface area contributed by atoms with Gasteiger partial charge in [0, 0.05) is 31.7 Å². The number of carbonyl (C=O) groups is 3. The topological polar surface area (TPSA) is 79.0 Å². The monoisotopic (exact) mass is 313 g/mol. The van der Waals surface area contributed by atoms with Gasteiger partial charge in [-0.2, -0.15) is 0 Å². The van der Waals surface area contributed by atoms with Crippen LogP contribution < -0.4 is 5.32 Å². The molecule has 0 spiro atoms. The van der Waals surface area contributed by atoms with E-state index in [2.05, 4.69) is 5.32 Å². The van der Waals surface area contributed by atoms with Gasteiger partial charge in [-0.15, -0.1) is 0 Å². The zero-order chi connectivity index (χ0) is 17.1. The Morgan fingerprint density at radius 2 is 1.32 bits per heavy atom. The van der Waals surface area contributed by atoms with Crippen LogP contribution in [0, 0.1) is 0 Å². The molecule has 0 atom stereocenters. The summed E-state index contributed by atoms with van der Waals surface area (Å²) in [5.41, 5.74) is -0.998. The van der Waals surface area contributed by atoms with E-state index in [0.29, 0.717) is 26.2 Å². The maximum absolute atomic E-state index is 12.1. The summed E-state index contributed by atoms with van der Waals surface area (Å²) in [6.45, 7) is 12.3. The molecule has 1 rings (SSSR count). The molecule has 0 aromatic rings. The second-order valence-corrected chi connectivity index (χ2v) is 7.46. The number of hydrogen-bond donors (Lipinski definition) is 1. The van der Waals surface area contributed by atoms with E-state index in [1.54, 1.807) is 4.90 Å². The van der Waals surface area contributed by atoms with Crippen LogP contribution in [-0.2, 0) is 14.3 Å². The van der Waals surface area contributed by atoms with Crippen LogP contribution in [-0.4, -0.2) is 65.0 Å². The van der Waals surface area contributed by atoms with E-state index in [1.807, 2.05) is 41.5 Å². The molecule has 7 heteroatoms. The summed E-state index contributed by atoms with van der Waals surface area (Å²) in [5.74, 6) is -1.17. The van der Waals surface area contributed by atoms with E-state index < -0.39 is 29.0 Å². The van der Waals surface area contributed by atoms with Crippen LogP contribution >= 0.6 is 0 Å². The van der Waals surface area contributed by atoms with Crippen molar-refractivity contribution in [2.75, 3.05) is 26.2 Å². The Bertz CT molecular complexity index is 441. The number of ether oxygens (including phenoxy) is 1. The van der Waals surface area contributed by atoms with E-state index in [4.69, 9.17) is 4.74 Å². The first kappa shape index (κ1) is 18.3. The summed E-state index contributed by atoms with van der Waals surface area (Å²) in [6, 6.07) is 0. The minimum atomic E-state index is -0.613. The lowest BCUT2D eigenvalue weighted by molar-refractivity contribution is -0.147. The molecule has 0 aromatic carbocycles. The molecular weight excluding hydrogens is 286 g/mol. The van der Waals surface area contributed by atoms with Gasteiger partial charge < -0.3 is 19.9 Å². The minimum absolute atomic E-state index is 0.329. The Morgan fingerprint density at radius 3 is 1.73 bits per heavy atom. The lowest BCUT2D eigenvalue weighted by Gasteiger charge is -2.35. The number of rotatable bonds is 0. The molecule has 1 aliphatic heterocycles. The predicted molar refractivity (Wildman–Crippen MR) is 82.3 cm³/mol. The molecule has 1 heterocycles. The first-order chi connectivity index (χ1) is 9.89. The van der Waals surface area contributed by atoms with Crippen molar-refractivity contribution in [3.63, 3.8) is 0 Å². The van der Waals surface area contributed by atoms with Crippen molar-refractivity contribution in [3.8, 4) is 0 Å². The van der Waals surface area contributed by atoms with Crippen molar-refractivity contribution >= 4 is 17.9 Å². The number of nitrogens with one attached hydrogen (secondary N) is 1. The van der Waals surface area contributed by atoms with E-state index in [1.165, 1.54) is 4.90 Å². The van der Waals surface area contributed by atoms with E-state index >= 15 is 0 Å². The summed E-state index contributed by atoms with van der Waals surface area (Å²) in [5, 5.41) is 2.65. The van der Waals surface area contributed by atoms with Gasteiger partial charge in [0.1, 0.15) is 5.60 Å². The molecular formula is C15H27N3O4. The third kappa shape index (κ3) is 5.91. The zero-order valence-electron chi connectivity index (χ0n) is 14.4. The third-order valence-electron chi connectivity index (χ3n) is 2.90. The first-order valence-electron chi connectivity index (χ1n) is 7.48. The fourth-order valence-electron chi connectivity index (χ4n) is 1.96. The van der Waals surface area contributed by atoms with Gasteiger partial charge in [-0.25, -0.2) is 4.79 Å². The van der Waals surface area contributed by atoms with Gasteiger partial charge in [0.2, 0.25) is 0 Å². The van der Waals surface area contributed by atoms with Crippen LogP contribution in [0.15, 0.2) is 0 Å². The lowest BCUT2D eigenvalue weighted by Crippen LogP contribution is -2.56. The molecule has 0 radical (unpaired) electrons. The molecule has 0 aliphatic carbocycles. The average molecular weight is 313 g/mol. The van der Waals surface area contributed by atoms with E-state index in [-0.39, 0.29) is 0 Å². The SMILES string of the molecule is CC(C)(C)NC(=O)C(=O)N1CCN(C(=O)OC(C)(C)C)CC1. The minimum Gasteiger partial charge on any atom is -0.444 e. The third-order valence-corrected chi connectivity index (χ3v) is 2.90. The Balaban J connectivity index is 2.50. The summed E-state index contributed by atoms with van der Waals surface area (Å²) >= 11 is 0. The van der Waals surface area contributed by atoms with Gasteiger partial charge in [-0.1, -0.05) is 0 Å². The Kier molecular flexibility index (Phi) is 5.43. The van der Waals surface area contributed by atoms with E-state index in [9.17, 15) is 14.4 Å².